The van der Waals surface area contributed by atoms with Gasteiger partial charge in [0.2, 0.25) is 0 Å². The minimum Gasteiger partial charge on any atom is -0.313 e. The Balaban J connectivity index is 1.26. The predicted molar refractivity (Wildman–Crippen MR) is 161 cm³/mol. The van der Waals surface area contributed by atoms with Gasteiger partial charge in [-0.3, -0.25) is 9.52 Å². The number of benzene rings is 3. The van der Waals surface area contributed by atoms with E-state index in [4.69, 9.17) is 4.98 Å². The lowest BCUT2D eigenvalue weighted by molar-refractivity contribution is 0.102. The Labute approximate surface area is 235 Å². The molecule has 1 atom stereocenters. The summed E-state index contributed by atoms with van der Waals surface area (Å²) in [4.78, 5) is 19.8. The molecule has 1 amide bonds. The smallest absolute Gasteiger partial charge is 0.261 e. The summed E-state index contributed by atoms with van der Waals surface area (Å²) in [6.07, 6.45) is 3.10. The molecular weight excluding hydrogens is 547 g/mol. The minimum absolute atomic E-state index is 0.188. The number of rotatable bonds is 6. The van der Waals surface area contributed by atoms with Crippen LogP contribution in [0.15, 0.2) is 77.7 Å². The Hall–Kier alpha value is -3.53. The van der Waals surface area contributed by atoms with E-state index in [1.54, 1.807) is 71.2 Å². The van der Waals surface area contributed by atoms with Crippen LogP contribution in [0.4, 0.5) is 10.7 Å². The Kier molecular flexibility index (Phi) is 6.74. The van der Waals surface area contributed by atoms with Gasteiger partial charge in [-0.2, -0.15) is 0 Å². The molecule has 9 heteroatoms. The number of para-hydroxylation sites is 1. The number of fused-ring (bicyclic) bond motifs is 2. The maximum atomic E-state index is 13.3. The molecule has 0 fully saturated rings. The molecule has 0 bridgehead atoms. The van der Waals surface area contributed by atoms with E-state index in [-0.39, 0.29) is 10.8 Å². The van der Waals surface area contributed by atoms with Crippen molar-refractivity contribution < 1.29 is 13.2 Å². The van der Waals surface area contributed by atoms with Gasteiger partial charge < -0.3 is 5.32 Å². The summed E-state index contributed by atoms with van der Waals surface area (Å²) in [7, 11) is -3.72. The van der Waals surface area contributed by atoms with Crippen molar-refractivity contribution in [2.24, 2.45) is 5.92 Å². The average Bonchev–Trinajstić information content (AvgIpc) is 3.49. The summed E-state index contributed by atoms with van der Waals surface area (Å²) in [5.74, 6) is 0.371. The van der Waals surface area contributed by atoms with E-state index in [1.807, 2.05) is 25.1 Å². The first kappa shape index (κ1) is 25.7. The number of amides is 1. The van der Waals surface area contributed by atoms with Gasteiger partial charge in [0.1, 0.15) is 10.0 Å². The number of carbonyl (C=O) groups is 1. The highest BCUT2D eigenvalue weighted by atomic mass is 32.2. The van der Waals surface area contributed by atoms with Crippen molar-refractivity contribution >= 4 is 59.5 Å². The standard InChI is InChI=1S/C30H27N3O3S3/c1-18-7-14-22(15-8-18)39(35,36)33-21-12-10-20(11-13-21)28(34)32-30-27(23-16-9-19(2)17-26(23)38-30)29-31-24-5-3-4-6-25(24)37-29/h3-8,10-15,19,33H,9,16-17H2,1-2H3,(H,32,34). The highest BCUT2D eigenvalue weighted by Crippen LogP contribution is 2.47. The van der Waals surface area contributed by atoms with Crippen LogP contribution in [-0.4, -0.2) is 19.3 Å². The Morgan fingerprint density at radius 1 is 0.974 bits per heavy atom. The van der Waals surface area contributed by atoms with Gasteiger partial charge in [0.25, 0.3) is 15.9 Å². The van der Waals surface area contributed by atoms with Gasteiger partial charge in [-0.25, -0.2) is 13.4 Å². The minimum atomic E-state index is -3.72. The number of thiophene rings is 1. The van der Waals surface area contributed by atoms with Crippen molar-refractivity contribution in [2.75, 3.05) is 10.0 Å². The molecular formula is C30H27N3O3S3. The van der Waals surface area contributed by atoms with Crippen LogP contribution < -0.4 is 10.0 Å². The van der Waals surface area contributed by atoms with Crippen molar-refractivity contribution in [1.82, 2.24) is 4.98 Å². The van der Waals surface area contributed by atoms with Gasteiger partial charge in [0.15, 0.2) is 0 Å². The van der Waals surface area contributed by atoms with Crippen molar-refractivity contribution in [3.05, 3.63) is 94.4 Å². The zero-order valence-corrected chi connectivity index (χ0v) is 24.0. The van der Waals surface area contributed by atoms with Crippen LogP contribution in [0.25, 0.3) is 20.8 Å². The van der Waals surface area contributed by atoms with Gasteiger partial charge in [0.05, 0.1) is 15.1 Å². The molecule has 1 unspecified atom stereocenters. The van der Waals surface area contributed by atoms with Crippen LogP contribution in [0.3, 0.4) is 0 Å². The summed E-state index contributed by atoms with van der Waals surface area (Å²) in [5.41, 5.74) is 5.12. The zero-order valence-electron chi connectivity index (χ0n) is 21.5. The molecule has 6 rings (SSSR count). The summed E-state index contributed by atoms with van der Waals surface area (Å²) in [6, 6.07) is 21.2. The van der Waals surface area contributed by atoms with Crippen molar-refractivity contribution in [3.8, 4) is 10.6 Å². The monoisotopic (exact) mass is 573 g/mol. The number of nitrogens with one attached hydrogen (secondary N) is 2. The number of sulfonamides is 1. The van der Waals surface area contributed by atoms with Gasteiger partial charge >= 0.3 is 0 Å². The number of anilines is 2. The molecule has 198 valence electrons. The third kappa shape index (κ3) is 5.22. The number of aromatic nitrogens is 1. The fraction of sp³-hybridized carbons (Fsp3) is 0.200. The van der Waals surface area contributed by atoms with E-state index in [2.05, 4.69) is 23.0 Å². The number of aryl methyl sites for hydroxylation is 1. The topological polar surface area (TPSA) is 88.2 Å². The fourth-order valence-electron chi connectivity index (χ4n) is 4.84. The molecule has 0 radical (unpaired) electrons. The molecule has 39 heavy (non-hydrogen) atoms. The lowest BCUT2D eigenvalue weighted by atomic mass is 9.88. The van der Waals surface area contributed by atoms with Crippen LogP contribution in [0.1, 0.15) is 39.7 Å². The SMILES string of the molecule is Cc1ccc(S(=O)(=O)Nc2ccc(C(=O)Nc3sc4c(c3-c3nc5ccccc5s3)CCC(C)C4)cc2)cc1. The van der Waals surface area contributed by atoms with Crippen molar-refractivity contribution in [2.45, 2.75) is 38.0 Å². The first-order valence-electron chi connectivity index (χ1n) is 12.8. The van der Waals surface area contributed by atoms with Gasteiger partial charge in [0, 0.05) is 21.7 Å². The molecule has 0 saturated carbocycles. The first-order valence-corrected chi connectivity index (χ1v) is 15.9. The number of thiazole rings is 1. The molecule has 3 aromatic carbocycles. The fourth-order valence-corrected chi connectivity index (χ4v) is 8.42. The van der Waals surface area contributed by atoms with Crippen LogP contribution in [0.2, 0.25) is 0 Å². The van der Waals surface area contributed by atoms with Crippen molar-refractivity contribution in [1.29, 1.82) is 0 Å². The van der Waals surface area contributed by atoms with Gasteiger partial charge in [-0.05, 0) is 86.2 Å². The van der Waals surface area contributed by atoms with Crippen LogP contribution in [-0.2, 0) is 22.9 Å². The highest BCUT2D eigenvalue weighted by Gasteiger charge is 2.27. The lowest BCUT2D eigenvalue weighted by Gasteiger charge is -2.18. The molecule has 1 aliphatic carbocycles. The third-order valence-electron chi connectivity index (χ3n) is 6.98. The van der Waals surface area contributed by atoms with E-state index in [0.29, 0.717) is 17.2 Å². The Morgan fingerprint density at radius 3 is 2.46 bits per heavy atom. The zero-order chi connectivity index (χ0) is 27.1. The number of nitrogens with zero attached hydrogens (tertiary/aromatic N) is 1. The van der Waals surface area contributed by atoms with Crippen molar-refractivity contribution in [3.63, 3.8) is 0 Å². The summed E-state index contributed by atoms with van der Waals surface area (Å²) >= 11 is 3.30. The second kappa shape index (κ2) is 10.2. The second-order valence-corrected chi connectivity index (χ2v) is 13.8. The van der Waals surface area contributed by atoms with Crippen LogP contribution >= 0.6 is 22.7 Å². The Bertz CT molecular complexity index is 1750. The third-order valence-corrected chi connectivity index (χ3v) is 10.6. The summed E-state index contributed by atoms with van der Waals surface area (Å²) in [5, 5.41) is 4.90. The van der Waals surface area contributed by atoms with Gasteiger partial charge in [-0.15, -0.1) is 22.7 Å². The first-order chi connectivity index (χ1) is 18.8. The van der Waals surface area contributed by atoms with Gasteiger partial charge in [-0.1, -0.05) is 36.8 Å². The largest absolute Gasteiger partial charge is 0.313 e. The van der Waals surface area contributed by atoms with Crippen LogP contribution in [0.5, 0.6) is 0 Å². The number of hydrogen-bond donors (Lipinski definition) is 2. The molecule has 5 aromatic rings. The molecule has 0 spiro atoms. The van der Waals surface area contributed by atoms with E-state index < -0.39 is 10.0 Å². The number of hydrogen-bond acceptors (Lipinski definition) is 6. The van der Waals surface area contributed by atoms with E-state index >= 15 is 0 Å². The van der Waals surface area contributed by atoms with E-state index in [0.717, 1.165) is 50.6 Å². The van der Waals surface area contributed by atoms with E-state index in [1.165, 1.54) is 10.4 Å². The second-order valence-electron chi connectivity index (χ2n) is 9.99. The molecule has 2 N–H and O–H groups in total. The molecule has 0 saturated heterocycles. The average molecular weight is 574 g/mol. The quantitative estimate of drug-likeness (QED) is 0.220. The van der Waals surface area contributed by atoms with E-state index in [9.17, 15) is 13.2 Å². The molecule has 2 heterocycles. The Morgan fingerprint density at radius 2 is 1.72 bits per heavy atom. The lowest BCUT2D eigenvalue weighted by Crippen LogP contribution is -2.14. The molecule has 0 aliphatic heterocycles. The highest BCUT2D eigenvalue weighted by molar-refractivity contribution is 7.92. The molecule has 1 aliphatic rings. The molecule has 2 aromatic heterocycles. The predicted octanol–water partition coefficient (Wildman–Crippen LogP) is 7.51. The summed E-state index contributed by atoms with van der Waals surface area (Å²) < 4.78 is 29.2. The maximum absolute atomic E-state index is 13.3. The van der Waals surface area contributed by atoms with Crippen LogP contribution in [0, 0.1) is 12.8 Å². The number of carbonyl (C=O) groups excluding carboxylic acids is 1. The normalized spacial score (nSPS) is 15.2. The molecule has 6 nitrogen and oxygen atoms in total. The maximum Gasteiger partial charge on any atom is 0.261 e. The summed E-state index contributed by atoms with van der Waals surface area (Å²) in [6.45, 7) is 4.18.